The molecule has 1 fully saturated rings. The van der Waals surface area contributed by atoms with Gasteiger partial charge in [-0.25, -0.2) is 4.79 Å². The van der Waals surface area contributed by atoms with Gasteiger partial charge in [-0.15, -0.1) is 11.8 Å². The topological polar surface area (TPSA) is 76.3 Å². The number of nitrogens with zero attached hydrogens (tertiary/aromatic N) is 3. The van der Waals surface area contributed by atoms with Crippen molar-refractivity contribution in [1.29, 1.82) is 0 Å². The normalized spacial score (nSPS) is 14.1. The lowest BCUT2D eigenvalue weighted by Gasteiger charge is -2.32. The Hall–Kier alpha value is -3.78. The summed E-state index contributed by atoms with van der Waals surface area (Å²) in [5.74, 6) is 0.725. The standard InChI is InChI=1S/C31H34N4O3S/c1-20-6-5-7-21(2)29(20)39-19-28(36)32-25-11-8-22(9-12-25)23-14-16-35(17-15-23)30(37)24-10-13-26-27(18-24)34(4)31(38)33(26)3/h5-13,18,23H,14-17,19H2,1-4H3,(H,32,36). The van der Waals surface area contributed by atoms with Crippen LogP contribution in [0.4, 0.5) is 5.69 Å². The van der Waals surface area contributed by atoms with Crippen molar-refractivity contribution in [3.8, 4) is 0 Å². The van der Waals surface area contributed by atoms with E-state index in [4.69, 9.17) is 0 Å². The Balaban J connectivity index is 1.15. The highest BCUT2D eigenvalue weighted by molar-refractivity contribution is 8.00. The summed E-state index contributed by atoms with van der Waals surface area (Å²) in [6.45, 7) is 5.51. The second-order valence-corrected chi connectivity index (χ2v) is 11.3. The van der Waals surface area contributed by atoms with Crippen molar-refractivity contribution in [3.63, 3.8) is 0 Å². The van der Waals surface area contributed by atoms with E-state index in [0.29, 0.717) is 30.3 Å². The zero-order valence-electron chi connectivity index (χ0n) is 22.9. The van der Waals surface area contributed by atoms with Crippen molar-refractivity contribution in [1.82, 2.24) is 14.0 Å². The molecule has 0 spiro atoms. The van der Waals surface area contributed by atoms with Crippen molar-refractivity contribution in [2.45, 2.75) is 37.5 Å². The molecular formula is C31H34N4O3S. The average Bonchev–Trinajstić information content (AvgIpc) is 3.16. The third kappa shape index (κ3) is 5.52. The molecule has 0 radical (unpaired) electrons. The number of benzene rings is 3. The van der Waals surface area contributed by atoms with Crippen molar-refractivity contribution < 1.29 is 9.59 Å². The first-order chi connectivity index (χ1) is 18.7. The number of piperidine rings is 1. The molecule has 0 atom stereocenters. The molecule has 39 heavy (non-hydrogen) atoms. The summed E-state index contributed by atoms with van der Waals surface area (Å²) in [6, 6.07) is 19.7. The van der Waals surface area contributed by atoms with Crippen molar-refractivity contribution >= 4 is 40.3 Å². The van der Waals surface area contributed by atoms with Gasteiger partial charge in [0.25, 0.3) is 5.91 Å². The lowest BCUT2D eigenvalue weighted by atomic mass is 9.89. The molecule has 0 aliphatic carbocycles. The highest BCUT2D eigenvalue weighted by Crippen LogP contribution is 2.30. The molecule has 1 aromatic heterocycles. The molecule has 0 bridgehead atoms. The quantitative estimate of drug-likeness (QED) is 0.338. The van der Waals surface area contributed by atoms with Gasteiger partial charge in [-0.05, 0) is 79.6 Å². The Morgan fingerprint density at radius 2 is 1.54 bits per heavy atom. The van der Waals surface area contributed by atoms with E-state index in [0.717, 1.165) is 29.6 Å². The first-order valence-electron chi connectivity index (χ1n) is 13.3. The lowest BCUT2D eigenvalue weighted by molar-refractivity contribution is -0.113. The van der Waals surface area contributed by atoms with Gasteiger partial charge in [-0.2, -0.15) is 0 Å². The molecule has 8 heteroatoms. The molecular weight excluding hydrogens is 508 g/mol. The first-order valence-corrected chi connectivity index (χ1v) is 14.2. The predicted octanol–water partition coefficient (Wildman–Crippen LogP) is 5.24. The lowest BCUT2D eigenvalue weighted by Crippen LogP contribution is -2.37. The highest BCUT2D eigenvalue weighted by atomic mass is 32.2. The molecule has 1 saturated heterocycles. The van der Waals surface area contributed by atoms with Crippen LogP contribution in [0.15, 0.2) is 70.4 Å². The van der Waals surface area contributed by atoms with Gasteiger partial charge in [0.1, 0.15) is 0 Å². The van der Waals surface area contributed by atoms with Gasteiger partial charge in [-0.1, -0.05) is 30.3 Å². The van der Waals surface area contributed by atoms with Crippen LogP contribution in [-0.4, -0.2) is 44.7 Å². The summed E-state index contributed by atoms with van der Waals surface area (Å²) in [5.41, 5.74) is 6.49. The molecule has 2 amide bonds. The van der Waals surface area contributed by atoms with Crippen molar-refractivity contribution in [2.24, 2.45) is 14.1 Å². The number of carbonyl (C=O) groups excluding carboxylic acids is 2. The van der Waals surface area contributed by atoms with Crippen molar-refractivity contribution in [3.05, 3.63) is 93.4 Å². The van der Waals surface area contributed by atoms with Gasteiger partial charge in [0.2, 0.25) is 5.91 Å². The number of carbonyl (C=O) groups is 2. The van der Waals surface area contributed by atoms with E-state index in [1.807, 2.05) is 41.3 Å². The Morgan fingerprint density at radius 3 is 2.21 bits per heavy atom. The van der Waals surface area contributed by atoms with Crippen LogP contribution < -0.4 is 11.0 Å². The third-order valence-electron chi connectivity index (χ3n) is 7.72. The number of aryl methyl sites for hydroxylation is 4. The summed E-state index contributed by atoms with van der Waals surface area (Å²) < 4.78 is 3.17. The minimum atomic E-state index is -0.0998. The van der Waals surface area contributed by atoms with Gasteiger partial charge in [0.05, 0.1) is 16.8 Å². The summed E-state index contributed by atoms with van der Waals surface area (Å²) in [4.78, 5) is 41.0. The van der Waals surface area contributed by atoms with E-state index < -0.39 is 0 Å². The van der Waals surface area contributed by atoms with Crippen LogP contribution in [0, 0.1) is 13.8 Å². The van der Waals surface area contributed by atoms with E-state index in [-0.39, 0.29) is 17.5 Å². The number of aromatic nitrogens is 2. The van der Waals surface area contributed by atoms with Crippen LogP contribution >= 0.6 is 11.8 Å². The third-order valence-corrected chi connectivity index (χ3v) is 9.06. The zero-order chi connectivity index (χ0) is 27.7. The van der Waals surface area contributed by atoms with Crippen molar-refractivity contribution in [2.75, 3.05) is 24.2 Å². The SMILES string of the molecule is Cc1cccc(C)c1SCC(=O)Nc1ccc(C2CCN(C(=O)c3ccc4c(c3)n(C)c(=O)n4C)CC2)cc1. The number of hydrogen-bond donors (Lipinski definition) is 1. The van der Waals surface area contributed by atoms with Crippen LogP contribution in [0.3, 0.4) is 0 Å². The number of fused-ring (bicyclic) bond motifs is 1. The van der Waals surface area contributed by atoms with Gasteiger partial charge < -0.3 is 10.2 Å². The second-order valence-electron chi connectivity index (χ2n) is 10.4. The van der Waals surface area contributed by atoms with E-state index in [1.54, 1.807) is 35.0 Å². The number of thioether (sulfide) groups is 1. The van der Waals surface area contributed by atoms with Gasteiger partial charge in [0.15, 0.2) is 0 Å². The molecule has 202 valence electrons. The van der Waals surface area contributed by atoms with Crippen LogP contribution in [0.25, 0.3) is 11.0 Å². The smallest absolute Gasteiger partial charge is 0.328 e. The number of likely N-dealkylation sites (tertiary alicyclic amines) is 1. The maximum Gasteiger partial charge on any atom is 0.328 e. The Bertz CT molecular complexity index is 1570. The van der Waals surface area contributed by atoms with E-state index in [2.05, 4.69) is 43.4 Å². The zero-order valence-corrected chi connectivity index (χ0v) is 23.7. The maximum absolute atomic E-state index is 13.2. The monoisotopic (exact) mass is 542 g/mol. The van der Waals surface area contributed by atoms with Crippen LogP contribution in [0.5, 0.6) is 0 Å². The number of rotatable bonds is 6. The second kappa shape index (κ2) is 11.1. The van der Waals surface area contributed by atoms with Gasteiger partial charge in [-0.3, -0.25) is 18.7 Å². The summed E-state index contributed by atoms with van der Waals surface area (Å²) in [7, 11) is 3.47. The molecule has 5 rings (SSSR count). The molecule has 3 aromatic carbocycles. The van der Waals surface area contributed by atoms with E-state index >= 15 is 0 Å². The summed E-state index contributed by atoms with van der Waals surface area (Å²) >= 11 is 1.57. The Morgan fingerprint density at radius 1 is 0.897 bits per heavy atom. The van der Waals surface area contributed by atoms with Crippen LogP contribution in [-0.2, 0) is 18.9 Å². The molecule has 1 N–H and O–H groups in total. The molecule has 4 aromatic rings. The van der Waals surface area contributed by atoms with E-state index in [1.165, 1.54) is 21.6 Å². The molecule has 1 aliphatic heterocycles. The number of anilines is 1. The molecule has 2 heterocycles. The number of amides is 2. The highest BCUT2D eigenvalue weighted by Gasteiger charge is 2.25. The molecule has 7 nitrogen and oxygen atoms in total. The fourth-order valence-electron chi connectivity index (χ4n) is 5.44. The minimum Gasteiger partial charge on any atom is -0.339 e. The van der Waals surface area contributed by atoms with Crippen LogP contribution in [0.2, 0.25) is 0 Å². The molecule has 0 unspecified atom stereocenters. The fourth-order valence-corrected chi connectivity index (χ4v) is 6.38. The molecule has 0 saturated carbocycles. The molecule has 1 aliphatic rings. The number of imidazole rings is 1. The summed E-state index contributed by atoms with van der Waals surface area (Å²) in [6.07, 6.45) is 1.77. The van der Waals surface area contributed by atoms with E-state index in [9.17, 15) is 14.4 Å². The average molecular weight is 543 g/mol. The Kier molecular flexibility index (Phi) is 7.66. The van der Waals surface area contributed by atoms with Gasteiger partial charge >= 0.3 is 5.69 Å². The van der Waals surface area contributed by atoms with Gasteiger partial charge in [0, 0.05) is 43.3 Å². The first kappa shape index (κ1) is 26.8. The summed E-state index contributed by atoms with van der Waals surface area (Å²) in [5, 5.41) is 3.01. The Labute approximate surface area is 232 Å². The largest absolute Gasteiger partial charge is 0.339 e. The fraction of sp³-hybridized carbons (Fsp3) is 0.323. The van der Waals surface area contributed by atoms with Crippen LogP contribution in [0.1, 0.15) is 45.8 Å². The minimum absolute atomic E-state index is 0.00322. The maximum atomic E-state index is 13.2. The number of hydrogen-bond acceptors (Lipinski definition) is 4. The predicted molar refractivity (Wildman–Crippen MR) is 158 cm³/mol. The number of nitrogens with one attached hydrogen (secondary N) is 1.